The maximum absolute atomic E-state index is 13.2. The van der Waals surface area contributed by atoms with Gasteiger partial charge in [0, 0.05) is 6.54 Å². The summed E-state index contributed by atoms with van der Waals surface area (Å²) >= 11 is 0. The van der Waals surface area contributed by atoms with E-state index < -0.39 is 26.4 Å². The Morgan fingerprint density at radius 3 is 2.71 bits per heavy atom. The number of rotatable bonds is 0. The van der Waals surface area contributed by atoms with Crippen molar-refractivity contribution in [1.29, 1.82) is 0 Å². The molecule has 1 N–H and O–H groups in total. The Kier molecular flexibility index (Phi) is 1.95. The molecule has 0 bridgehead atoms. The molecule has 0 unspecified atom stereocenters. The highest BCUT2D eigenvalue weighted by atomic mass is 32.2. The lowest BCUT2D eigenvalue weighted by atomic mass is 10.3. The Bertz CT molecular complexity index is 484. The van der Waals surface area contributed by atoms with Gasteiger partial charge in [-0.3, -0.25) is 0 Å². The molecule has 0 aromatic heterocycles. The standard InChI is InChI=1S/C8H7F2NO2S/c9-5-1-2-6-8(7(5)10)14(12,13)4-3-11-6/h1-2,11H,3-4H2. The van der Waals surface area contributed by atoms with Gasteiger partial charge < -0.3 is 5.32 Å². The highest BCUT2D eigenvalue weighted by Gasteiger charge is 2.28. The smallest absolute Gasteiger partial charge is 0.185 e. The second-order valence-electron chi connectivity index (χ2n) is 2.98. The summed E-state index contributed by atoms with van der Waals surface area (Å²) in [4.78, 5) is -0.552. The molecule has 3 nitrogen and oxygen atoms in total. The number of anilines is 1. The first-order chi connectivity index (χ1) is 6.52. The summed E-state index contributed by atoms with van der Waals surface area (Å²) in [6, 6.07) is 2.13. The van der Waals surface area contributed by atoms with Crippen LogP contribution < -0.4 is 5.32 Å². The second kappa shape index (κ2) is 2.91. The van der Waals surface area contributed by atoms with Crippen LogP contribution in [0.4, 0.5) is 14.5 Å². The second-order valence-corrected chi connectivity index (χ2v) is 5.03. The lowest BCUT2D eigenvalue weighted by molar-refractivity contribution is 0.485. The number of hydrogen-bond acceptors (Lipinski definition) is 3. The SMILES string of the molecule is O=S1(=O)CCNc2ccc(F)c(F)c21. The Morgan fingerprint density at radius 2 is 2.00 bits per heavy atom. The molecule has 0 radical (unpaired) electrons. The number of halogens is 2. The predicted octanol–water partition coefficient (Wildman–Crippen LogP) is 1.16. The van der Waals surface area contributed by atoms with Crippen LogP contribution in [0.25, 0.3) is 0 Å². The zero-order valence-corrected chi connectivity index (χ0v) is 7.87. The van der Waals surface area contributed by atoms with E-state index in [1.165, 1.54) is 6.07 Å². The minimum atomic E-state index is -3.67. The van der Waals surface area contributed by atoms with E-state index in [2.05, 4.69) is 5.32 Å². The van der Waals surface area contributed by atoms with Gasteiger partial charge in [0.05, 0.1) is 11.4 Å². The summed E-state index contributed by atoms with van der Waals surface area (Å²) in [7, 11) is -3.67. The molecule has 14 heavy (non-hydrogen) atoms. The van der Waals surface area contributed by atoms with Crippen molar-refractivity contribution in [1.82, 2.24) is 0 Å². The Balaban J connectivity index is 2.79. The molecule has 0 aliphatic carbocycles. The van der Waals surface area contributed by atoms with Gasteiger partial charge in [0.2, 0.25) is 0 Å². The first-order valence-corrected chi connectivity index (χ1v) is 5.62. The van der Waals surface area contributed by atoms with Crippen molar-refractivity contribution >= 4 is 15.5 Å². The van der Waals surface area contributed by atoms with Gasteiger partial charge in [-0.15, -0.1) is 0 Å². The van der Waals surface area contributed by atoms with Gasteiger partial charge in [-0.2, -0.15) is 0 Å². The van der Waals surface area contributed by atoms with E-state index in [1.54, 1.807) is 0 Å². The lowest BCUT2D eigenvalue weighted by Crippen LogP contribution is -2.24. The molecule has 1 aliphatic heterocycles. The summed E-state index contributed by atoms with van der Waals surface area (Å²) in [5.41, 5.74) is 0.134. The molecule has 76 valence electrons. The van der Waals surface area contributed by atoms with Gasteiger partial charge in [0.15, 0.2) is 21.5 Å². The van der Waals surface area contributed by atoms with Crippen LogP contribution in [0, 0.1) is 11.6 Å². The Labute approximate surface area is 79.7 Å². The summed E-state index contributed by atoms with van der Waals surface area (Å²) < 4.78 is 48.8. The molecule has 2 rings (SSSR count). The molecular weight excluding hydrogens is 212 g/mol. The molecule has 0 atom stereocenters. The van der Waals surface area contributed by atoms with Crippen LogP contribution in [0.5, 0.6) is 0 Å². The fourth-order valence-corrected chi connectivity index (χ4v) is 2.82. The van der Waals surface area contributed by atoms with E-state index in [9.17, 15) is 17.2 Å². The van der Waals surface area contributed by atoms with Gasteiger partial charge in [-0.05, 0) is 12.1 Å². The molecular formula is C8H7F2NO2S. The fraction of sp³-hybridized carbons (Fsp3) is 0.250. The quantitative estimate of drug-likeness (QED) is 0.712. The molecule has 0 amide bonds. The molecule has 1 heterocycles. The van der Waals surface area contributed by atoms with Crippen molar-refractivity contribution in [3.63, 3.8) is 0 Å². The van der Waals surface area contributed by atoms with Crippen molar-refractivity contribution < 1.29 is 17.2 Å². The summed E-state index contributed by atoms with van der Waals surface area (Å²) in [6.45, 7) is 0.223. The molecule has 0 fully saturated rings. The highest BCUT2D eigenvalue weighted by Crippen LogP contribution is 2.29. The van der Waals surface area contributed by atoms with Crippen LogP contribution in [-0.4, -0.2) is 20.7 Å². The van der Waals surface area contributed by atoms with Gasteiger partial charge in [0.1, 0.15) is 4.90 Å². The van der Waals surface area contributed by atoms with Crippen molar-refractivity contribution in [2.45, 2.75) is 4.90 Å². The van der Waals surface area contributed by atoms with E-state index in [-0.39, 0.29) is 18.0 Å². The van der Waals surface area contributed by atoms with Gasteiger partial charge in [0.25, 0.3) is 0 Å². The van der Waals surface area contributed by atoms with Crippen LogP contribution in [0.15, 0.2) is 17.0 Å². The van der Waals surface area contributed by atoms with E-state index in [0.717, 1.165) is 6.07 Å². The fourth-order valence-electron chi connectivity index (χ4n) is 1.40. The minimum absolute atomic E-state index is 0.134. The first kappa shape index (κ1) is 9.39. The molecule has 1 aromatic rings. The van der Waals surface area contributed by atoms with Crippen molar-refractivity contribution in [2.75, 3.05) is 17.6 Å². The molecule has 0 saturated heterocycles. The zero-order valence-electron chi connectivity index (χ0n) is 7.05. The summed E-state index contributed by atoms with van der Waals surface area (Å²) in [5.74, 6) is -2.65. The third kappa shape index (κ3) is 1.26. The van der Waals surface area contributed by atoms with Crippen LogP contribution in [0.1, 0.15) is 0 Å². The summed E-state index contributed by atoms with van der Waals surface area (Å²) in [5, 5.41) is 2.70. The Morgan fingerprint density at radius 1 is 1.29 bits per heavy atom. The van der Waals surface area contributed by atoms with Crippen LogP contribution >= 0.6 is 0 Å². The zero-order chi connectivity index (χ0) is 10.3. The maximum Gasteiger partial charge on any atom is 0.185 e. The normalized spacial score (nSPS) is 18.4. The van der Waals surface area contributed by atoms with E-state index in [0.29, 0.717) is 0 Å². The first-order valence-electron chi connectivity index (χ1n) is 3.97. The highest BCUT2D eigenvalue weighted by molar-refractivity contribution is 7.91. The van der Waals surface area contributed by atoms with E-state index in [4.69, 9.17) is 0 Å². The minimum Gasteiger partial charge on any atom is -0.383 e. The van der Waals surface area contributed by atoms with Crippen LogP contribution in [0.3, 0.4) is 0 Å². The Hall–Kier alpha value is -1.17. The van der Waals surface area contributed by atoms with Crippen molar-refractivity contribution in [2.24, 2.45) is 0 Å². The molecule has 1 aromatic carbocycles. The summed E-state index contributed by atoms with van der Waals surface area (Å²) in [6.07, 6.45) is 0. The number of hydrogen-bond donors (Lipinski definition) is 1. The molecule has 0 spiro atoms. The third-order valence-corrected chi connectivity index (χ3v) is 3.81. The van der Waals surface area contributed by atoms with Gasteiger partial charge >= 0.3 is 0 Å². The monoisotopic (exact) mass is 219 g/mol. The van der Waals surface area contributed by atoms with Crippen molar-refractivity contribution in [3.05, 3.63) is 23.8 Å². The van der Waals surface area contributed by atoms with Crippen LogP contribution in [-0.2, 0) is 9.84 Å². The largest absolute Gasteiger partial charge is 0.383 e. The van der Waals surface area contributed by atoms with E-state index >= 15 is 0 Å². The molecule has 6 heteroatoms. The number of nitrogens with one attached hydrogen (secondary N) is 1. The van der Waals surface area contributed by atoms with Crippen molar-refractivity contribution in [3.8, 4) is 0 Å². The molecule has 1 aliphatic rings. The van der Waals surface area contributed by atoms with Gasteiger partial charge in [-0.1, -0.05) is 0 Å². The number of sulfone groups is 1. The van der Waals surface area contributed by atoms with E-state index in [1.807, 2.05) is 0 Å². The maximum atomic E-state index is 13.2. The number of fused-ring (bicyclic) bond motifs is 1. The predicted molar refractivity (Wildman–Crippen MR) is 46.9 cm³/mol. The van der Waals surface area contributed by atoms with Crippen LogP contribution in [0.2, 0.25) is 0 Å². The van der Waals surface area contributed by atoms with Gasteiger partial charge in [-0.25, -0.2) is 17.2 Å². The number of benzene rings is 1. The third-order valence-electron chi connectivity index (χ3n) is 2.05. The topological polar surface area (TPSA) is 46.2 Å². The average molecular weight is 219 g/mol. The average Bonchev–Trinajstić information content (AvgIpc) is 2.10. The lowest BCUT2D eigenvalue weighted by Gasteiger charge is -2.18. The molecule has 0 saturated carbocycles.